The zero-order chi connectivity index (χ0) is 20.9. The number of benzene rings is 2. The van der Waals surface area contributed by atoms with Gasteiger partial charge in [-0.25, -0.2) is 0 Å². The first-order chi connectivity index (χ1) is 14.6. The van der Waals surface area contributed by atoms with E-state index >= 15 is 0 Å². The highest BCUT2D eigenvalue weighted by Crippen LogP contribution is 2.32. The van der Waals surface area contributed by atoms with Gasteiger partial charge in [0, 0.05) is 36.9 Å². The Morgan fingerprint density at radius 3 is 2.43 bits per heavy atom. The minimum atomic E-state index is -0.0814. The van der Waals surface area contributed by atoms with Crippen LogP contribution in [0.25, 0.3) is 0 Å². The highest BCUT2D eigenvalue weighted by Gasteiger charge is 2.30. The molecule has 0 aromatic heterocycles. The molecule has 0 bridgehead atoms. The standard InChI is InChI=1S/C25H31N3O2/c1-18-12-15-28(16-13-18)23-10-9-21(27-24(29)20-7-8-20)17-22(23)25(30)26-14-11-19-5-3-2-4-6-19/h2-6,9-10,17-18,20H,7-8,11-16H2,1H3,(H,26,30)(H,27,29). The summed E-state index contributed by atoms with van der Waals surface area (Å²) in [6.07, 6.45) is 4.98. The average molecular weight is 406 g/mol. The van der Waals surface area contributed by atoms with Crippen LogP contribution in [0.5, 0.6) is 0 Å². The molecule has 0 radical (unpaired) electrons. The van der Waals surface area contributed by atoms with Crippen molar-refractivity contribution in [1.82, 2.24) is 5.32 Å². The first kappa shape index (κ1) is 20.5. The predicted molar refractivity (Wildman–Crippen MR) is 121 cm³/mol. The van der Waals surface area contributed by atoms with E-state index in [1.54, 1.807) is 0 Å². The van der Waals surface area contributed by atoms with Crippen LogP contribution in [0.1, 0.15) is 48.5 Å². The summed E-state index contributed by atoms with van der Waals surface area (Å²) >= 11 is 0. The van der Waals surface area contributed by atoms with Crippen LogP contribution >= 0.6 is 0 Å². The molecule has 30 heavy (non-hydrogen) atoms. The van der Waals surface area contributed by atoms with Crippen LogP contribution in [0.2, 0.25) is 0 Å². The SMILES string of the molecule is CC1CCN(c2ccc(NC(=O)C3CC3)cc2C(=O)NCCc2ccccc2)CC1. The Kier molecular flexibility index (Phi) is 6.36. The molecule has 2 aromatic carbocycles. The maximum atomic E-state index is 13.1. The van der Waals surface area contributed by atoms with E-state index in [2.05, 4.69) is 34.6 Å². The van der Waals surface area contributed by atoms with Crippen molar-refractivity contribution in [3.63, 3.8) is 0 Å². The minimum Gasteiger partial charge on any atom is -0.371 e. The largest absolute Gasteiger partial charge is 0.371 e. The Balaban J connectivity index is 1.48. The van der Waals surface area contributed by atoms with Gasteiger partial charge in [-0.3, -0.25) is 9.59 Å². The highest BCUT2D eigenvalue weighted by molar-refractivity contribution is 6.02. The summed E-state index contributed by atoms with van der Waals surface area (Å²) in [5, 5.41) is 6.05. The van der Waals surface area contributed by atoms with Crippen molar-refractivity contribution in [2.24, 2.45) is 11.8 Å². The Morgan fingerprint density at radius 1 is 1.00 bits per heavy atom. The van der Waals surface area contributed by atoms with Gasteiger partial charge in [-0.15, -0.1) is 0 Å². The van der Waals surface area contributed by atoms with Gasteiger partial charge in [0.1, 0.15) is 0 Å². The normalized spacial score (nSPS) is 16.9. The first-order valence-electron chi connectivity index (χ1n) is 11.1. The maximum Gasteiger partial charge on any atom is 0.253 e. The van der Waals surface area contributed by atoms with Gasteiger partial charge in [-0.2, -0.15) is 0 Å². The van der Waals surface area contributed by atoms with Gasteiger partial charge >= 0.3 is 0 Å². The summed E-state index contributed by atoms with van der Waals surface area (Å²) in [6.45, 7) is 4.78. The van der Waals surface area contributed by atoms with Gasteiger partial charge < -0.3 is 15.5 Å². The summed E-state index contributed by atoms with van der Waals surface area (Å²) in [5.41, 5.74) is 3.51. The third-order valence-electron chi connectivity index (χ3n) is 6.12. The first-order valence-corrected chi connectivity index (χ1v) is 11.1. The maximum absolute atomic E-state index is 13.1. The highest BCUT2D eigenvalue weighted by atomic mass is 16.2. The van der Waals surface area contributed by atoms with Crippen molar-refractivity contribution in [3.05, 3.63) is 59.7 Å². The molecular weight excluding hydrogens is 374 g/mol. The molecule has 2 aromatic rings. The van der Waals surface area contributed by atoms with Gasteiger partial charge in [0.2, 0.25) is 5.91 Å². The van der Waals surface area contributed by atoms with Crippen molar-refractivity contribution in [3.8, 4) is 0 Å². The van der Waals surface area contributed by atoms with Crippen molar-refractivity contribution >= 4 is 23.2 Å². The molecule has 1 saturated carbocycles. The number of nitrogens with one attached hydrogen (secondary N) is 2. The number of nitrogens with zero attached hydrogens (tertiary/aromatic N) is 1. The second-order valence-electron chi connectivity index (χ2n) is 8.66. The molecule has 5 heteroatoms. The number of carbonyl (C=O) groups is 2. The van der Waals surface area contributed by atoms with E-state index in [-0.39, 0.29) is 17.7 Å². The Morgan fingerprint density at radius 2 is 1.73 bits per heavy atom. The fourth-order valence-electron chi connectivity index (χ4n) is 3.97. The lowest BCUT2D eigenvalue weighted by atomic mass is 9.97. The van der Waals surface area contributed by atoms with Crippen LogP contribution in [0.15, 0.2) is 48.5 Å². The molecule has 2 N–H and O–H groups in total. The Bertz CT molecular complexity index is 885. The second kappa shape index (κ2) is 9.33. The minimum absolute atomic E-state index is 0.0602. The summed E-state index contributed by atoms with van der Waals surface area (Å²) < 4.78 is 0. The Hall–Kier alpha value is -2.82. The monoisotopic (exact) mass is 405 g/mol. The van der Waals surface area contributed by atoms with E-state index in [0.717, 1.165) is 56.8 Å². The molecule has 2 amide bonds. The summed E-state index contributed by atoms with van der Waals surface area (Å²) in [6, 6.07) is 15.9. The van der Waals surface area contributed by atoms with Crippen molar-refractivity contribution in [2.75, 3.05) is 29.9 Å². The summed E-state index contributed by atoms with van der Waals surface area (Å²) in [7, 11) is 0. The molecule has 4 rings (SSSR count). The Labute approximate surface area is 178 Å². The quantitative estimate of drug-likeness (QED) is 0.724. The lowest BCUT2D eigenvalue weighted by Crippen LogP contribution is -2.35. The molecule has 1 aliphatic heterocycles. The smallest absolute Gasteiger partial charge is 0.253 e. The zero-order valence-electron chi connectivity index (χ0n) is 17.7. The van der Waals surface area contributed by atoms with Crippen molar-refractivity contribution < 1.29 is 9.59 Å². The molecule has 0 atom stereocenters. The number of anilines is 2. The molecule has 1 heterocycles. The fourth-order valence-corrected chi connectivity index (χ4v) is 3.97. The van der Waals surface area contributed by atoms with Crippen molar-refractivity contribution in [1.29, 1.82) is 0 Å². The van der Waals surface area contributed by atoms with Gasteiger partial charge in [-0.1, -0.05) is 37.3 Å². The van der Waals surface area contributed by atoms with E-state index < -0.39 is 0 Å². The molecule has 158 valence electrons. The van der Waals surface area contributed by atoms with Crippen LogP contribution in [0, 0.1) is 11.8 Å². The number of rotatable bonds is 7. The van der Waals surface area contributed by atoms with Crippen LogP contribution in [0.4, 0.5) is 11.4 Å². The van der Waals surface area contributed by atoms with Crippen LogP contribution < -0.4 is 15.5 Å². The van der Waals surface area contributed by atoms with Crippen LogP contribution in [0.3, 0.4) is 0 Å². The fraction of sp³-hybridized carbons (Fsp3) is 0.440. The summed E-state index contributed by atoms with van der Waals surface area (Å²) in [4.78, 5) is 27.6. The van der Waals surface area contributed by atoms with E-state index in [0.29, 0.717) is 17.8 Å². The van der Waals surface area contributed by atoms with Gasteiger partial charge in [0.05, 0.1) is 5.56 Å². The molecule has 5 nitrogen and oxygen atoms in total. The molecule has 0 unspecified atom stereocenters. The second-order valence-corrected chi connectivity index (χ2v) is 8.66. The molecule has 2 aliphatic rings. The molecule has 1 saturated heterocycles. The number of amides is 2. The van der Waals surface area contributed by atoms with E-state index in [1.807, 2.05) is 36.4 Å². The van der Waals surface area contributed by atoms with Gasteiger partial charge in [-0.05, 0) is 61.8 Å². The van der Waals surface area contributed by atoms with E-state index in [4.69, 9.17) is 0 Å². The summed E-state index contributed by atoms with van der Waals surface area (Å²) in [5.74, 6) is 0.838. The molecule has 2 fully saturated rings. The van der Waals surface area contributed by atoms with E-state index in [9.17, 15) is 9.59 Å². The number of piperidine rings is 1. The van der Waals surface area contributed by atoms with Gasteiger partial charge in [0.25, 0.3) is 5.91 Å². The zero-order valence-corrected chi connectivity index (χ0v) is 17.7. The number of hydrogen-bond acceptors (Lipinski definition) is 3. The van der Waals surface area contributed by atoms with Crippen molar-refractivity contribution in [2.45, 2.75) is 39.0 Å². The molecular formula is C25H31N3O2. The third-order valence-corrected chi connectivity index (χ3v) is 6.12. The van der Waals surface area contributed by atoms with Gasteiger partial charge in [0.15, 0.2) is 0 Å². The number of hydrogen-bond donors (Lipinski definition) is 2. The van der Waals surface area contributed by atoms with E-state index in [1.165, 1.54) is 5.56 Å². The van der Waals surface area contributed by atoms with Crippen LogP contribution in [-0.2, 0) is 11.2 Å². The number of carbonyl (C=O) groups excluding carboxylic acids is 2. The average Bonchev–Trinajstić information content (AvgIpc) is 3.61. The van der Waals surface area contributed by atoms with Crippen LogP contribution in [-0.4, -0.2) is 31.4 Å². The predicted octanol–water partition coefficient (Wildman–Crippen LogP) is 4.24. The molecule has 0 spiro atoms. The molecule has 1 aliphatic carbocycles. The lowest BCUT2D eigenvalue weighted by molar-refractivity contribution is -0.117. The third kappa shape index (κ3) is 5.21. The lowest BCUT2D eigenvalue weighted by Gasteiger charge is -2.33. The topological polar surface area (TPSA) is 61.4 Å².